The van der Waals surface area contributed by atoms with E-state index < -0.39 is 18.0 Å². The van der Waals surface area contributed by atoms with Gasteiger partial charge in [-0.3, -0.25) is 9.59 Å². The molecule has 1 rings (SSSR count). The second-order valence-electron chi connectivity index (χ2n) is 4.31. The SMILES string of the molecule is Cc1ccc(CCC(=O)O)c(C[C@@H](N)C(=O)O)c1. The van der Waals surface area contributed by atoms with Crippen molar-refractivity contribution in [1.82, 2.24) is 0 Å². The van der Waals surface area contributed by atoms with E-state index in [9.17, 15) is 9.59 Å². The molecule has 0 aliphatic carbocycles. The highest BCUT2D eigenvalue weighted by atomic mass is 16.4. The first kappa shape index (κ1) is 14.2. The number of aliphatic carboxylic acids is 2. The number of hydrogen-bond acceptors (Lipinski definition) is 3. The van der Waals surface area contributed by atoms with E-state index in [2.05, 4.69) is 0 Å². The molecule has 5 nitrogen and oxygen atoms in total. The molecule has 0 aliphatic rings. The monoisotopic (exact) mass is 251 g/mol. The molecule has 0 saturated heterocycles. The Hall–Kier alpha value is -1.88. The smallest absolute Gasteiger partial charge is 0.320 e. The van der Waals surface area contributed by atoms with Crippen LogP contribution in [0.25, 0.3) is 0 Å². The maximum absolute atomic E-state index is 10.7. The highest BCUT2D eigenvalue weighted by Crippen LogP contribution is 2.15. The van der Waals surface area contributed by atoms with E-state index in [1.807, 2.05) is 25.1 Å². The third kappa shape index (κ3) is 4.18. The highest BCUT2D eigenvalue weighted by Gasteiger charge is 2.15. The summed E-state index contributed by atoms with van der Waals surface area (Å²) in [7, 11) is 0. The molecule has 0 unspecified atom stereocenters. The molecule has 18 heavy (non-hydrogen) atoms. The fraction of sp³-hybridized carbons (Fsp3) is 0.385. The van der Waals surface area contributed by atoms with Gasteiger partial charge in [0, 0.05) is 6.42 Å². The average Bonchev–Trinajstić information content (AvgIpc) is 2.27. The van der Waals surface area contributed by atoms with E-state index in [1.54, 1.807) is 0 Å². The van der Waals surface area contributed by atoms with Crippen LogP contribution in [0, 0.1) is 6.92 Å². The molecule has 0 amide bonds. The van der Waals surface area contributed by atoms with Gasteiger partial charge in [-0.15, -0.1) is 0 Å². The van der Waals surface area contributed by atoms with Crippen molar-refractivity contribution in [3.63, 3.8) is 0 Å². The normalized spacial score (nSPS) is 12.1. The van der Waals surface area contributed by atoms with Gasteiger partial charge in [-0.05, 0) is 30.9 Å². The maximum Gasteiger partial charge on any atom is 0.320 e. The van der Waals surface area contributed by atoms with Gasteiger partial charge in [-0.1, -0.05) is 23.8 Å². The molecule has 0 fully saturated rings. The van der Waals surface area contributed by atoms with Crippen molar-refractivity contribution in [2.45, 2.75) is 32.2 Å². The van der Waals surface area contributed by atoms with Crippen molar-refractivity contribution < 1.29 is 19.8 Å². The minimum atomic E-state index is -1.05. The third-order valence-electron chi connectivity index (χ3n) is 2.73. The molecule has 1 aromatic carbocycles. The van der Waals surface area contributed by atoms with Crippen LogP contribution in [0.2, 0.25) is 0 Å². The highest BCUT2D eigenvalue weighted by molar-refractivity contribution is 5.73. The molecule has 1 atom stereocenters. The zero-order valence-electron chi connectivity index (χ0n) is 10.2. The van der Waals surface area contributed by atoms with Crippen molar-refractivity contribution >= 4 is 11.9 Å². The number of rotatable bonds is 6. The van der Waals surface area contributed by atoms with Crippen LogP contribution in [0.1, 0.15) is 23.1 Å². The van der Waals surface area contributed by atoms with E-state index in [-0.39, 0.29) is 12.8 Å². The molecule has 98 valence electrons. The third-order valence-corrected chi connectivity index (χ3v) is 2.73. The molecule has 1 aromatic rings. The first-order chi connectivity index (χ1) is 8.40. The molecule has 0 aliphatic heterocycles. The first-order valence-corrected chi connectivity index (χ1v) is 5.68. The zero-order chi connectivity index (χ0) is 13.7. The summed E-state index contributed by atoms with van der Waals surface area (Å²) in [4.78, 5) is 21.3. The molecular formula is C13H17NO4. The summed E-state index contributed by atoms with van der Waals surface area (Å²) in [6.45, 7) is 1.90. The van der Waals surface area contributed by atoms with Gasteiger partial charge in [0.15, 0.2) is 0 Å². The standard InChI is InChI=1S/C13H17NO4/c1-8-2-3-9(4-5-12(15)16)10(6-8)7-11(14)13(17)18/h2-3,6,11H,4-5,7,14H2,1H3,(H,15,16)(H,17,18)/t11-/m1/s1. The predicted molar refractivity (Wildman–Crippen MR) is 66.5 cm³/mol. The topological polar surface area (TPSA) is 101 Å². The van der Waals surface area contributed by atoms with E-state index in [0.717, 1.165) is 16.7 Å². The lowest BCUT2D eigenvalue weighted by Crippen LogP contribution is -2.32. The van der Waals surface area contributed by atoms with Gasteiger partial charge in [0.05, 0.1) is 0 Å². The molecule has 0 bridgehead atoms. The van der Waals surface area contributed by atoms with E-state index >= 15 is 0 Å². The predicted octanol–water partition coefficient (Wildman–Crippen LogP) is 0.967. The fourth-order valence-corrected chi connectivity index (χ4v) is 1.75. The Balaban J connectivity index is 2.89. The molecule has 0 radical (unpaired) electrons. The summed E-state index contributed by atoms with van der Waals surface area (Å²) in [6.07, 6.45) is 0.627. The van der Waals surface area contributed by atoms with E-state index in [0.29, 0.717) is 6.42 Å². The second kappa shape index (κ2) is 6.16. The summed E-state index contributed by atoms with van der Waals surface area (Å²) < 4.78 is 0. The van der Waals surface area contributed by atoms with Crippen LogP contribution in [-0.4, -0.2) is 28.2 Å². The van der Waals surface area contributed by atoms with E-state index in [4.69, 9.17) is 15.9 Å². The van der Waals surface area contributed by atoms with Gasteiger partial charge in [-0.2, -0.15) is 0 Å². The van der Waals surface area contributed by atoms with Crippen molar-refractivity contribution in [3.05, 3.63) is 34.9 Å². The number of hydrogen-bond donors (Lipinski definition) is 3. The number of benzene rings is 1. The molecule has 5 heteroatoms. The Morgan fingerprint density at radius 3 is 2.50 bits per heavy atom. The van der Waals surface area contributed by atoms with Crippen molar-refractivity contribution in [3.8, 4) is 0 Å². The summed E-state index contributed by atoms with van der Waals surface area (Å²) in [6, 6.07) is 4.62. The molecule has 0 saturated carbocycles. The number of aryl methyl sites for hydroxylation is 2. The summed E-state index contributed by atoms with van der Waals surface area (Å²) >= 11 is 0. The summed E-state index contributed by atoms with van der Waals surface area (Å²) in [5, 5.41) is 17.5. The zero-order valence-corrected chi connectivity index (χ0v) is 10.2. The van der Waals surface area contributed by atoms with E-state index in [1.165, 1.54) is 0 Å². The Kier molecular flexibility index (Phi) is 4.85. The van der Waals surface area contributed by atoms with Crippen LogP contribution in [0.15, 0.2) is 18.2 Å². The van der Waals surface area contributed by atoms with Crippen LogP contribution < -0.4 is 5.73 Å². The second-order valence-corrected chi connectivity index (χ2v) is 4.31. The summed E-state index contributed by atoms with van der Waals surface area (Å²) in [5.74, 6) is -1.93. The fourth-order valence-electron chi connectivity index (χ4n) is 1.75. The van der Waals surface area contributed by atoms with Crippen LogP contribution >= 0.6 is 0 Å². The van der Waals surface area contributed by atoms with Crippen LogP contribution in [0.5, 0.6) is 0 Å². The molecular weight excluding hydrogens is 234 g/mol. The van der Waals surface area contributed by atoms with Gasteiger partial charge in [-0.25, -0.2) is 0 Å². The van der Waals surface area contributed by atoms with Crippen LogP contribution in [0.4, 0.5) is 0 Å². The van der Waals surface area contributed by atoms with Gasteiger partial charge in [0.1, 0.15) is 6.04 Å². The Morgan fingerprint density at radius 1 is 1.28 bits per heavy atom. The average molecular weight is 251 g/mol. The van der Waals surface area contributed by atoms with Crippen molar-refractivity contribution in [2.24, 2.45) is 5.73 Å². The maximum atomic E-state index is 10.7. The van der Waals surface area contributed by atoms with Gasteiger partial charge >= 0.3 is 11.9 Å². The quantitative estimate of drug-likeness (QED) is 0.699. The number of carbonyl (C=O) groups is 2. The van der Waals surface area contributed by atoms with Crippen molar-refractivity contribution in [2.75, 3.05) is 0 Å². The van der Waals surface area contributed by atoms with Crippen molar-refractivity contribution in [1.29, 1.82) is 0 Å². The van der Waals surface area contributed by atoms with Gasteiger partial charge in [0.25, 0.3) is 0 Å². The molecule has 0 spiro atoms. The Bertz CT molecular complexity index is 456. The largest absolute Gasteiger partial charge is 0.481 e. The minimum absolute atomic E-state index is 0.0262. The number of carboxylic acid groups (broad SMARTS) is 2. The summed E-state index contributed by atoms with van der Waals surface area (Å²) in [5.41, 5.74) is 8.17. The molecule has 0 aromatic heterocycles. The van der Waals surface area contributed by atoms with Crippen LogP contribution in [-0.2, 0) is 22.4 Å². The Morgan fingerprint density at radius 2 is 1.94 bits per heavy atom. The lowest BCUT2D eigenvalue weighted by Gasteiger charge is -2.12. The molecule has 4 N–H and O–H groups in total. The first-order valence-electron chi connectivity index (χ1n) is 5.68. The lowest BCUT2D eigenvalue weighted by atomic mass is 9.95. The molecule has 0 heterocycles. The van der Waals surface area contributed by atoms with Gasteiger partial charge < -0.3 is 15.9 Å². The van der Waals surface area contributed by atoms with Crippen LogP contribution in [0.3, 0.4) is 0 Å². The number of carboxylic acids is 2. The minimum Gasteiger partial charge on any atom is -0.481 e. The van der Waals surface area contributed by atoms with Gasteiger partial charge in [0.2, 0.25) is 0 Å². The number of nitrogens with two attached hydrogens (primary N) is 1. The lowest BCUT2D eigenvalue weighted by molar-refractivity contribution is -0.139. The Labute approximate surface area is 105 Å².